The number of rotatable bonds is 3. The molecule has 0 saturated carbocycles. The van der Waals surface area contributed by atoms with Gasteiger partial charge in [-0.2, -0.15) is 0 Å². The molecule has 3 N–H and O–H groups in total. The number of benzene rings is 2. The van der Waals surface area contributed by atoms with E-state index in [1.165, 1.54) is 0 Å². The summed E-state index contributed by atoms with van der Waals surface area (Å²) in [6.07, 6.45) is -0.0169. The van der Waals surface area contributed by atoms with Crippen molar-refractivity contribution in [1.29, 1.82) is 0 Å². The zero-order valence-corrected chi connectivity index (χ0v) is 12.8. The zero-order valence-electron chi connectivity index (χ0n) is 12.0. The highest BCUT2D eigenvalue weighted by Crippen LogP contribution is 2.26. The highest BCUT2D eigenvalue weighted by atomic mass is 35.5. The Morgan fingerprint density at radius 3 is 2.43 bits per heavy atom. The molecule has 6 heteroatoms. The number of halogens is 1. The number of carbonyl (C=O) groups is 1. The third-order valence-electron chi connectivity index (χ3n) is 3.41. The molecule has 3 aromatic rings. The molecule has 0 unspecified atom stereocenters. The van der Waals surface area contributed by atoms with E-state index in [1.807, 2.05) is 0 Å². The lowest BCUT2D eigenvalue weighted by atomic mass is 10.0. The molecule has 5 nitrogen and oxygen atoms in total. The minimum absolute atomic E-state index is 0. The number of aromatic hydroxyl groups is 1. The molecular formula is C17H14ClNO4. The minimum Gasteiger partial charge on any atom is -0.506 e. The van der Waals surface area contributed by atoms with Gasteiger partial charge in [-0.3, -0.25) is 4.79 Å². The monoisotopic (exact) mass is 331 g/mol. The molecule has 0 atom stereocenters. The van der Waals surface area contributed by atoms with Gasteiger partial charge in [-0.15, -0.1) is 12.4 Å². The Morgan fingerprint density at radius 1 is 1.09 bits per heavy atom. The summed E-state index contributed by atoms with van der Waals surface area (Å²) in [5.74, 6) is -0.839. The van der Waals surface area contributed by atoms with E-state index in [-0.39, 0.29) is 35.7 Å². The fourth-order valence-electron chi connectivity index (χ4n) is 2.29. The number of anilines is 1. The summed E-state index contributed by atoms with van der Waals surface area (Å²) >= 11 is 0. The predicted octanol–water partition coefficient (Wildman–Crippen LogP) is 2.93. The van der Waals surface area contributed by atoms with E-state index in [4.69, 9.17) is 10.2 Å². The summed E-state index contributed by atoms with van der Waals surface area (Å²) in [6, 6.07) is 13.3. The Kier molecular flexibility index (Phi) is 4.71. The van der Waals surface area contributed by atoms with E-state index < -0.39 is 11.4 Å². The van der Waals surface area contributed by atoms with Gasteiger partial charge in [0.05, 0.1) is 5.39 Å². The summed E-state index contributed by atoms with van der Waals surface area (Å²) in [5, 5.41) is 10.6. The maximum absolute atomic E-state index is 12.3. The number of hydrogen-bond donors (Lipinski definition) is 2. The third-order valence-corrected chi connectivity index (χ3v) is 3.41. The van der Waals surface area contributed by atoms with Gasteiger partial charge in [0.25, 0.3) is 0 Å². The smallest absolute Gasteiger partial charge is 0.351 e. The predicted molar refractivity (Wildman–Crippen MR) is 90.3 cm³/mol. The molecule has 0 fully saturated rings. The summed E-state index contributed by atoms with van der Waals surface area (Å²) in [6.45, 7) is 0. The van der Waals surface area contributed by atoms with Crippen LogP contribution < -0.4 is 11.4 Å². The van der Waals surface area contributed by atoms with Gasteiger partial charge >= 0.3 is 5.63 Å². The van der Waals surface area contributed by atoms with Gasteiger partial charge in [-0.25, -0.2) is 4.79 Å². The van der Waals surface area contributed by atoms with Crippen molar-refractivity contribution < 1.29 is 14.3 Å². The first-order valence-electron chi connectivity index (χ1n) is 6.68. The molecule has 0 amide bonds. The van der Waals surface area contributed by atoms with Crippen LogP contribution in [0.3, 0.4) is 0 Å². The molecule has 0 radical (unpaired) electrons. The van der Waals surface area contributed by atoms with E-state index in [2.05, 4.69) is 0 Å². The van der Waals surface area contributed by atoms with Gasteiger partial charge < -0.3 is 15.3 Å². The van der Waals surface area contributed by atoms with Gasteiger partial charge in [0, 0.05) is 12.1 Å². The first-order chi connectivity index (χ1) is 10.6. The fraction of sp³-hybridized carbons (Fsp3) is 0.0588. The molecule has 0 aliphatic heterocycles. The Labute approximate surface area is 137 Å². The van der Waals surface area contributed by atoms with E-state index in [0.29, 0.717) is 16.6 Å². The second-order valence-electron chi connectivity index (χ2n) is 4.95. The van der Waals surface area contributed by atoms with Crippen molar-refractivity contribution in [3.63, 3.8) is 0 Å². The van der Waals surface area contributed by atoms with Crippen LogP contribution in [0.1, 0.15) is 15.9 Å². The molecule has 3 rings (SSSR count). The molecule has 23 heavy (non-hydrogen) atoms. The molecule has 118 valence electrons. The summed E-state index contributed by atoms with van der Waals surface area (Å²) < 4.78 is 5.10. The van der Waals surface area contributed by atoms with Crippen LogP contribution in [0.4, 0.5) is 5.69 Å². The van der Waals surface area contributed by atoms with E-state index >= 15 is 0 Å². The van der Waals surface area contributed by atoms with E-state index in [0.717, 1.165) is 0 Å². The highest BCUT2D eigenvalue weighted by Gasteiger charge is 2.20. The molecule has 0 bridgehead atoms. The topological polar surface area (TPSA) is 93.5 Å². The molecule has 1 heterocycles. The van der Waals surface area contributed by atoms with Crippen LogP contribution in [-0.4, -0.2) is 10.9 Å². The number of ketones is 1. The van der Waals surface area contributed by atoms with Gasteiger partial charge in [-0.05, 0) is 29.8 Å². The normalized spacial score (nSPS) is 10.3. The van der Waals surface area contributed by atoms with Gasteiger partial charge in [0.15, 0.2) is 5.78 Å². The highest BCUT2D eigenvalue weighted by molar-refractivity contribution is 6.03. The van der Waals surface area contributed by atoms with Crippen LogP contribution in [0.25, 0.3) is 11.0 Å². The van der Waals surface area contributed by atoms with Crippen LogP contribution in [0, 0.1) is 0 Å². The Hall–Kier alpha value is -2.79. The molecule has 0 aliphatic carbocycles. The number of nitrogen functional groups attached to an aromatic ring is 1. The molecule has 0 saturated heterocycles. The average Bonchev–Trinajstić information content (AvgIpc) is 2.49. The number of hydrogen-bond acceptors (Lipinski definition) is 5. The first kappa shape index (κ1) is 16.6. The molecule has 2 aromatic carbocycles. The third kappa shape index (κ3) is 3.19. The lowest BCUT2D eigenvalue weighted by Crippen LogP contribution is -2.16. The molecule has 0 spiro atoms. The Balaban J connectivity index is 0.00000192. The average molecular weight is 332 g/mol. The largest absolute Gasteiger partial charge is 0.506 e. The maximum atomic E-state index is 12.3. The lowest BCUT2D eigenvalue weighted by Gasteiger charge is -2.06. The van der Waals surface area contributed by atoms with Gasteiger partial charge in [0.1, 0.15) is 16.9 Å². The van der Waals surface area contributed by atoms with Crippen molar-refractivity contribution in [3.8, 4) is 5.75 Å². The maximum Gasteiger partial charge on any atom is 0.351 e. The van der Waals surface area contributed by atoms with Crippen molar-refractivity contribution >= 4 is 34.8 Å². The molecular weight excluding hydrogens is 318 g/mol. The van der Waals surface area contributed by atoms with Crippen molar-refractivity contribution in [2.75, 3.05) is 5.73 Å². The van der Waals surface area contributed by atoms with E-state index in [1.54, 1.807) is 48.5 Å². The van der Waals surface area contributed by atoms with Crippen LogP contribution in [0.2, 0.25) is 0 Å². The van der Waals surface area contributed by atoms with Crippen molar-refractivity contribution in [1.82, 2.24) is 0 Å². The van der Waals surface area contributed by atoms with Gasteiger partial charge in [0.2, 0.25) is 0 Å². The standard InChI is InChI=1S/C17H13NO4.ClH/c18-11-7-5-10(6-8-11)9-13(19)15-16(20)12-3-1-2-4-14(12)22-17(15)21;/h1-8,20H,9,18H2;1H. The zero-order chi connectivity index (χ0) is 15.7. The number of para-hydroxylation sites is 1. The number of carbonyl (C=O) groups excluding carboxylic acids is 1. The molecule has 1 aromatic heterocycles. The quantitative estimate of drug-likeness (QED) is 0.437. The van der Waals surface area contributed by atoms with Crippen LogP contribution >= 0.6 is 12.4 Å². The minimum atomic E-state index is -0.836. The second-order valence-corrected chi connectivity index (χ2v) is 4.95. The van der Waals surface area contributed by atoms with Crippen LogP contribution in [-0.2, 0) is 6.42 Å². The fourth-order valence-corrected chi connectivity index (χ4v) is 2.29. The first-order valence-corrected chi connectivity index (χ1v) is 6.68. The van der Waals surface area contributed by atoms with Gasteiger partial charge in [-0.1, -0.05) is 24.3 Å². The Bertz CT molecular complexity index is 916. The summed E-state index contributed by atoms with van der Waals surface area (Å²) in [7, 11) is 0. The summed E-state index contributed by atoms with van der Waals surface area (Å²) in [4.78, 5) is 24.3. The number of fused-ring (bicyclic) bond motifs is 1. The van der Waals surface area contributed by atoms with Crippen LogP contribution in [0.5, 0.6) is 5.75 Å². The summed E-state index contributed by atoms with van der Waals surface area (Å²) in [5.41, 5.74) is 5.96. The second kappa shape index (κ2) is 6.54. The SMILES string of the molecule is Cl.Nc1ccc(CC(=O)c2c(O)c3ccccc3oc2=O)cc1. The van der Waals surface area contributed by atoms with Crippen molar-refractivity contribution in [2.45, 2.75) is 6.42 Å². The Morgan fingerprint density at radius 2 is 1.74 bits per heavy atom. The van der Waals surface area contributed by atoms with E-state index in [9.17, 15) is 14.7 Å². The van der Waals surface area contributed by atoms with Crippen molar-refractivity contribution in [2.24, 2.45) is 0 Å². The molecule has 0 aliphatic rings. The van der Waals surface area contributed by atoms with Crippen LogP contribution in [0.15, 0.2) is 57.7 Å². The number of Topliss-reactive ketones (excluding diaryl/α,β-unsaturated/α-hetero) is 1. The van der Waals surface area contributed by atoms with Crippen molar-refractivity contribution in [3.05, 3.63) is 70.1 Å². The number of nitrogens with two attached hydrogens (primary N) is 1. The lowest BCUT2D eigenvalue weighted by molar-refractivity contribution is 0.0987.